The van der Waals surface area contributed by atoms with Gasteiger partial charge in [-0.1, -0.05) is 32.0 Å². The van der Waals surface area contributed by atoms with E-state index in [2.05, 4.69) is 36.9 Å². The minimum atomic E-state index is -3.47. The Morgan fingerprint density at radius 2 is 1.92 bits per heavy atom. The molecule has 2 atom stereocenters. The van der Waals surface area contributed by atoms with Gasteiger partial charge in [0.1, 0.15) is 0 Å². The summed E-state index contributed by atoms with van der Waals surface area (Å²) in [5.74, 6) is 0.248. The van der Waals surface area contributed by atoms with Crippen LogP contribution in [-0.4, -0.2) is 38.2 Å². The van der Waals surface area contributed by atoms with E-state index < -0.39 is 9.05 Å². The summed E-state index contributed by atoms with van der Waals surface area (Å²) in [5.41, 5.74) is 9.50. The van der Waals surface area contributed by atoms with Crippen molar-refractivity contribution >= 4 is 19.7 Å². The highest BCUT2D eigenvalue weighted by atomic mass is 35.7. The molecule has 0 radical (unpaired) electrons. The summed E-state index contributed by atoms with van der Waals surface area (Å²) < 4.78 is 22.9. The molecule has 0 fully saturated rings. The highest BCUT2D eigenvalue weighted by Gasteiger charge is 2.36. The van der Waals surface area contributed by atoms with Gasteiger partial charge >= 0.3 is 0 Å². The van der Waals surface area contributed by atoms with Crippen molar-refractivity contribution in [1.29, 1.82) is 0 Å². The predicted molar refractivity (Wildman–Crippen MR) is 101 cm³/mol. The van der Waals surface area contributed by atoms with Crippen LogP contribution in [0.4, 0.5) is 0 Å². The maximum atomic E-state index is 11.5. The Morgan fingerprint density at radius 3 is 2.46 bits per heavy atom. The number of rotatable bonds is 9. The topological polar surface area (TPSA) is 63.4 Å². The molecule has 0 amide bonds. The number of hydrogen-bond acceptors (Lipinski definition) is 4. The van der Waals surface area contributed by atoms with Gasteiger partial charge in [0.2, 0.25) is 9.05 Å². The van der Waals surface area contributed by atoms with Gasteiger partial charge in [-0.2, -0.15) is 0 Å². The van der Waals surface area contributed by atoms with Crippen LogP contribution in [0.2, 0.25) is 0 Å². The molecule has 1 aromatic carbocycles. The number of fused-ring (bicyclic) bond motifs is 1. The van der Waals surface area contributed by atoms with E-state index in [4.69, 9.17) is 16.4 Å². The molecule has 0 unspecified atom stereocenters. The highest BCUT2D eigenvalue weighted by molar-refractivity contribution is 8.13. The lowest BCUT2D eigenvalue weighted by Gasteiger charge is -2.33. The maximum absolute atomic E-state index is 11.5. The lowest BCUT2D eigenvalue weighted by atomic mass is 9.93. The summed E-state index contributed by atoms with van der Waals surface area (Å²) in [6.45, 7) is 7.00. The number of nitrogens with two attached hydrogens (primary N) is 1. The standard InChI is InChI=1S/C18H29ClN2O2S/c1-3-8-21(9-4-2)18-12-15-11-14(13-20)5-6-16(15)17(18)7-10-24(19,22)23/h5-6,11,17-18H,3-4,7-10,12-13,20H2,1-2H3/t17-,18+/m1/s1. The second kappa shape index (κ2) is 8.65. The minimum Gasteiger partial charge on any atom is -0.326 e. The molecule has 6 heteroatoms. The number of halogens is 1. The third-order valence-electron chi connectivity index (χ3n) is 4.90. The molecule has 136 valence electrons. The van der Waals surface area contributed by atoms with Crippen molar-refractivity contribution in [2.45, 2.75) is 58.0 Å². The molecule has 0 saturated carbocycles. The summed E-state index contributed by atoms with van der Waals surface area (Å²) >= 11 is 0. The smallest absolute Gasteiger partial charge is 0.232 e. The van der Waals surface area contributed by atoms with Crippen molar-refractivity contribution in [3.63, 3.8) is 0 Å². The highest BCUT2D eigenvalue weighted by Crippen LogP contribution is 2.39. The van der Waals surface area contributed by atoms with E-state index in [0.717, 1.165) is 37.9 Å². The molecule has 0 aliphatic heterocycles. The Labute approximate surface area is 150 Å². The van der Waals surface area contributed by atoms with E-state index in [1.165, 1.54) is 11.1 Å². The maximum Gasteiger partial charge on any atom is 0.232 e. The molecule has 4 nitrogen and oxygen atoms in total. The van der Waals surface area contributed by atoms with Crippen molar-refractivity contribution in [2.75, 3.05) is 18.8 Å². The van der Waals surface area contributed by atoms with E-state index in [1.807, 2.05) is 0 Å². The third kappa shape index (κ3) is 4.94. The van der Waals surface area contributed by atoms with Crippen LogP contribution in [0.15, 0.2) is 18.2 Å². The Morgan fingerprint density at radius 1 is 1.25 bits per heavy atom. The van der Waals surface area contributed by atoms with Crippen LogP contribution in [0.25, 0.3) is 0 Å². The summed E-state index contributed by atoms with van der Waals surface area (Å²) in [5, 5.41) is 0. The zero-order chi connectivity index (χ0) is 17.7. The average molecular weight is 373 g/mol. The Balaban J connectivity index is 2.30. The van der Waals surface area contributed by atoms with Crippen LogP contribution >= 0.6 is 10.7 Å². The first-order valence-electron chi connectivity index (χ1n) is 8.87. The largest absolute Gasteiger partial charge is 0.326 e. The van der Waals surface area contributed by atoms with Gasteiger partial charge in [0.05, 0.1) is 5.75 Å². The molecule has 0 aromatic heterocycles. The van der Waals surface area contributed by atoms with Gasteiger partial charge in [-0.05, 0) is 55.5 Å². The minimum absolute atomic E-state index is 0.0277. The summed E-state index contributed by atoms with van der Waals surface area (Å²) in [6, 6.07) is 6.74. The number of nitrogens with zero attached hydrogens (tertiary/aromatic N) is 1. The molecule has 1 aromatic rings. The Hall–Kier alpha value is -0.620. The Bertz CT molecular complexity index is 642. The van der Waals surface area contributed by atoms with Gasteiger partial charge in [0.25, 0.3) is 0 Å². The quantitative estimate of drug-likeness (QED) is 0.676. The molecule has 1 aliphatic rings. The molecular formula is C18H29ClN2O2S. The Kier molecular flexibility index (Phi) is 7.10. The summed E-state index contributed by atoms with van der Waals surface area (Å²) in [4.78, 5) is 2.52. The van der Waals surface area contributed by atoms with Crippen LogP contribution in [-0.2, 0) is 22.0 Å². The molecule has 1 aliphatic carbocycles. The van der Waals surface area contributed by atoms with Crippen molar-refractivity contribution in [1.82, 2.24) is 4.90 Å². The summed E-state index contributed by atoms with van der Waals surface area (Å²) in [7, 11) is 2.01. The van der Waals surface area contributed by atoms with Crippen LogP contribution in [0, 0.1) is 0 Å². The lowest BCUT2D eigenvalue weighted by Crippen LogP contribution is -2.39. The van der Waals surface area contributed by atoms with E-state index in [0.29, 0.717) is 19.0 Å². The first-order valence-corrected chi connectivity index (χ1v) is 11.4. The van der Waals surface area contributed by atoms with Gasteiger partial charge in [-0.25, -0.2) is 8.42 Å². The van der Waals surface area contributed by atoms with Gasteiger partial charge in [-0.15, -0.1) is 0 Å². The molecule has 0 bridgehead atoms. The zero-order valence-corrected chi connectivity index (χ0v) is 16.2. The second-order valence-corrected chi connectivity index (χ2v) is 9.58. The van der Waals surface area contributed by atoms with Crippen LogP contribution in [0.5, 0.6) is 0 Å². The fourth-order valence-corrected chi connectivity index (χ4v) is 4.72. The molecule has 0 saturated heterocycles. The number of benzene rings is 1. The van der Waals surface area contributed by atoms with Crippen LogP contribution in [0.1, 0.15) is 55.7 Å². The monoisotopic (exact) mass is 372 g/mol. The van der Waals surface area contributed by atoms with Crippen LogP contribution in [0.3, 0.4) is 0 Å². The first-order chi connectivity index (χ1) is 11.4. The van der Waals surface area contributed by atoms with Gasteiger partial charge in [-0.3, -0.25) is 4.90 Å². The lowest BCUT2D eigenvalue weighted by molar-refractivity contribution is 0.177. The second-order valence-electron chi connectivity index (χ2n) is 6.68. The fraction of sp³-hybridized carbons (Fsp3) is 0.667. The van der Waals surface area contributed by atoms with Crippen molar-refractivity contribution in [2.24, 2.45) is 5.73 Å². The molecule has 2 rings (SSSR count). The van der Waals surface area contributed by atoms with Gasteiger partial charge in [0.15, 0.2) is 0 Å². The third-order valence-corrected chi connectivity index (χ3v) is 6.09. The van der Waals surface area contributed by atoms with Gasteiger partial charge in [0, 0.05) is 29.2 Å². The summed E-state index contributed by atoms with van der Waals surface area (Å²) in [6.07, 6.45) is 3.74. The van der Waals surface area contributed by atoms with E-state index in [-0.39, 0.29) is 11.7 Å². The normalized spacial score (nSPS) is 20.5. The zero-order valence-electron chi connectivity index (χ0n) is 14.7. The van der Waals surface area contributed by atoms with Crippen molar-refractivity contribution < 1.29 is 8.42 Å². The molecule has 0 heterocycles. The van der Waals surface area contributed by atoms with Crippen molar-refractivity contribution in [3.8, 4) is 0 Å². The van der Waals surface area contributed by atoms with E-state index >= 15 is 0 Å². The van der Waals surface area contributed by atoms with Gasteiger partial charge < -0.3 is 5.73 Å². The molecule has 0 spiro atoms. The van der Waals surface area contributed by atoms with Crippen molar-refractivity contribution in [3.05, 3.63) is 34.9 Å². The number of hydrogen-bond donors (Lipinski definition) is 1. The predicted octanol–water partition coefficient (Wildman–Crippen LogP) is 3.23. The fourth-order valence-electron chi connectivity index (χ4n) is 3.92. The average Bonchev–Trinajstić information content (AvgIpc) is 2.89. The first kappa shape index (κ1) is 19.7. The molecular weight excluding hydrogens is 344 g/mol. The van der Waals surface area contributed by atoms with E-state index in [1.54, 1.807) is 0 Å². The van der Waals surface area contributed by atoms with E-state index in [9.17, 15) is 8.42 Å². The van der Waals surface area contributed by atoms with Crippen LogP contribution < -0.4 is 5.73 Å². The molecule has 24 heavy (non-hydrogen) atoms. The SMILES string of the molecule is CCCN(CCC)[C@H]1Cc2cc(CN)ccc2[C@H]1CCS(=O)(=O)Cl. The molecule has 2 N–H and O–H groups in total.